The first-order chi connectivity index (χ1) is 31.1. The van der Waals surface area contributed by atoms with E-state index in [1.165, 1.54) is 25.7 Å². The van der Waals surface area contributed by atoms with Gasteiger partial charge in [-0.2, -0.15) is 0 Å². The van der Waals surface area contributed by atoms with Crippen molar-refractivity contribution in [3.8, 4) is 0 Å². The van der Waals surface area contributed by atoms with Crippen LogP contribution in [-0.4, -0.2) is 103 Å². The summed E-state index contributed by atoms with van der Waals surface area (Å²) in [6.07, 6.45) is 28.9. The number of carbonyl (C=O) groups excluding carboxylic acids is 2. The van der Waals surface area contributed by atoms with Crippen LogP contribution in [0.1, 0.15) is 168 Å². The molecule has 16 nitrogen and oxygen atoms in total. The third-order valence-corrected chi connectivity index (χ3v) is 12.1. The Balaban J connectivity index is 2.61. The molecule has 0 amide bonds. The van der Waals surface area contributed by atoms with Gasteiger partial charge in [0, 0.05) is 12.8 Å². The Morgan fingerprint density at radius 1 is 0.508 bits per heavy atom. The number of phosphoric acid groups is 2. The molecular formula is C47H82O16P2. The lowest BCUT2D eigenvalue weighted by atomic mass is 9.85. The molecule has 0 saturated heterocycles. The molecule has 0 aliphatic heterocycles. The fourth-order valence-corrected chi connectivity index (χ4v) is 8.43. The van der Waals surface area contributed by atoms with Crippen LogP contribution >= 0.6 is 15.6 Å². The van der Waals surface area contributed by atoms with E-state index < -0.39 is 83.5 Å². The number of unbranched alkanes of at least 4 members (excludes halogenated alkanes) is 15. The summed E-state index contributed by atoms with van der Waals surface area (Å²) in [7, 11) is -10.7. The summed E-state index contributed by atoms with van der Waals surface area (Å²) in [6, 6.07) is 0. The minimum atomic E-state index is -5.37. The molecule has 18 heteroatoms. The highest BCUT2D eigenvalue weighted by Crippen LogP contribution is 2.49. The van der Waals surface area contributed by atoms with E-state index in [1.54, 1.807) is 0 Å². The monoisotopic (exact) mass is 965 g/mol. The zero-order valence-electron chi connectivity index (χ0n) is 38.9. The van der Waals surface area contributed by atoms with Crippen molar-refractivity contribution < 1.29 is 76.9 Å². The number of phosphoric ester groups is 2. The van der Waals surface area contributed by atoms with Gasteiger partial charge in [-0.05, 0) is 77.0 Å². The highest BCUT2D eigenvalue weighted by atomic mass is 31.2. The summed E-state index contributed by atoms with van der Waals surface area (Å²) in [5.74, 6) is -1.24. The number of aliphatic hydroxyl groups excluding tert-OH is 4. The summed E-state index contributed by atoms with van der Waals surface area (Å²) < 4.78 is 49.4. The number of esters is 2. The van der Waals surface area contributed by atoms with Gasteiger partial charge >= 0.3 is 27.6 Å². The third-order valence-electron chi connectivity index (χ3n) is 10.6. The van der Waals surface area contributed by atoms with Crippen molar-refractivity contribution in [2.24, 2.45) is 0 Å². The van der Waals surface area contributed by atoms with E-state index in [0.29, 0.717) is 12.8 Å². The second-order valence-electron chi connectivity index (χ2n) is 16.4. The summed E-state index contributed by atoms with van der Waals surface area (Å²) in [4.78, 5) is 54.3. The summed E-state index contributed by atoms with van der Waals surface area (Å²) in [5, 5.41) is 41.2. The minimum absolute atomic E-state index is 0.0131. The molecule has 0 aromatic carbocycles. The average Bonchev–Trinajstić information content (AvgIpc) is 3.26. The Hall–Kier alpha value is -2.30. The highest BCUT2D eigenvalue weighted by molar-refractivity contribution is 7.47. The first-order valence-corrected chi connectivity index (χ1v) is 26.9. The van der Waals surface area contributed by atoms with Crippen LogP contribution in [0.2, 0.25) is 0 Å². The number of carbonyl (C=O) groups is 2. The molecule has 8 atom stereocenters. The Morgan fingerprint density at radius 2 is 0.938 bits per heavy atom. The van der Waals surface area contributed by atoms with Gasteiger partial charge in [-0.3, -0.25) is 23.2 Å². The Bertz CT molecular complexity index is 1490. The normalized spacial score (nSPS) is 22.2. The van der Waals surface area contributed by atoms with Crippen LogP contribution in [0.3, 0.4) is 0 Å². The quantitative estimate of drug-likeness (QED) is 0.0131. The van der Waals surface area contributed by atoms with E-state index in [0.717, 1.165) is 103 Å². The number of rotatable bonds is 39. The van der Waals surface area contributed by atoms with Crippen molar-refractivity contribution in [2.75, 3.05) is 13.2 Å². The van der Waals surface area contributed by atoms with Gasteiger partial charge in [0.2, 0.25) is 0 Å². The fraction of sp³-hybridized carbons (Fsp3) is 0.745. The van der Waals surface area contributed by atoms with Crippen LogP contribution in [0.5, 0.6) is 0 Å². The van der Waals surface area contributed by atoms with Crippen molar-refractivity contribution in [1.82, 2.24) is 0 Å². The van der Waals surface area contributed by atoms with E-state index in [1.807, 2.05) is 0 Å². The molecule has 1 aliphatic rings. The predicted molar refractivity (Wildman–Crippen MR) is 250 cm³/mol. The SMILES string of the molecule is CC/C=C\C/C=C\C/C=C\C/C=C\CCCCCCC(=O)O[C@H](COC(=O)CCCCCCCCC/C=C\CCCCCC)COP(=O)(O)O[C@H]1C(O)C(O)C(O)[C@@H](OP(=O)(O)O)C1O. The lowest BCUT2D eigenvalue weighted by Crippen LogP contribution is -2.64. The van der Waals surface area contributed by atoms with E-state index >= 15 is 0 Å². The summed E-state index contributed by atoms with van der Waals surface area (Å²) in [6.45, 7) is 2.96. The summed E-state index contributed by atoms with van der Waals surface area (Å²) >= 11 is 0. The van der Waals surface area contributed by atoms with Crippen LogP contribution < -0.4 is 0 Å². The van der Waals surface area contributed by atoms with Crippen molar-refractivity contribution in [3.63, 3.8) is 0 Å². The first kappa shape index (κ1) is 60.7. The van der Waals surface area contributed by atoms with Gasteiger partial charge in [0.05, 0.1) is 6.61 Å². The largest absolute Gasteiger partial charge is 0.472 e. The molecule has 1 fully saturated rings. The maximum absolute atomic E-state index is 13.0. The van der Waals surface area contributed by atoms with E-state index in [-0.39, 0.29) is 12.8 Å². The van der Waals surface area contributed by atoms with Crippen LogP contribution in [0.25, 0.3) is 0 Å². The van der Waals surface area contributed by atoms with Crippen molar-refractivity contribution >= 4 is 27.6 Å². The third kappa shape index (κ3) is 32.2. The van der Waals surface area contributed by atoms with Gasteiger partial charge in [0.15, 0.2) is 6.10 Å². The fourth-order valence-electron chi connectivity index (χ4n) is 6.89. The van der Waals surface area contributed by atoms with E-state index in [4.69, 9.17) is 18.5 Å². The van der Waals surface area contributed by atoms with Gasteiger partial charge in [-0.1, -0.05) is 139 Å². The minimum Gasteiger partial charge on any atom is -0.462 e. The highest BCUT2D eigenvalue weighted by Gasteiger charge is 2.54. The topological polar surface area (TPSA) is 256 Å². The molecule has 0 aromatic heterocycles. The van der Waals surface area contributed by atoms with Crippen molar-refractivity contribution in [1.29, 1.82) is 0 Å². The second-order valence-corrected chi connectivity index (χ2v) is 19.0. The lowest BCUT2D eigenvalue weighted by Gasteiger charge is -2.43. The maximum Gasteiger partial charge on any atom is 0.472 e. The predicted octanol–water partition coefficient (Wildman–Crippen LogP) is 9.06. The van der Waals surface area contributed by atoms with Gasteiger partial charge in [-0.25, -0.2) is 9.13 Å². The van der Waals surface area contributed by atoms with Crippen LogP contribution in [0, 0.1) is 0 Å². The molecular weight excluding hydrogens is 882 g/mol. The second kappa shape index (κ2) is 37.7. The van der Waals surface area contributed by atoms with Crippen molar-refractivity contribution in [3.05, 3.63) is 60.8 Å². The maximum atomic E-state index is 13.0. The van der Waals surface area contributed by atoms with Gasteiger partial charge in [0.25, 0.3) is 0 Å². The molecule has 0 spiro atoms. The summed E-state index contributed by atoms with van der Waals surface area (Å²) in [5.41, 5.74) is 0. The smallest absolute Gasteiger partial charge is 0.462 e. The number of hydrogen-bond donors (Lipinski definition) is 7. The molecule has 7 N–H and O–H groups in total. The Kier molecular flexibility index (Phi) is 35.2. The number of hydrogen-bond acceptors (Lipinski definition) is 13. The van der Waals surface area contributed by atoms with E-state index in [2.05, 4.69) is 79.1 Å². The van der Waals surface area contributed by atoms with Crippen molar-refractivity contribution in [2.45, 2.75) is 211 Å². The van der Waals surface area contributed by atoms with Gasteiger partial charge in [0.1, 0.15) is 43.2 Å². The Morgan fingerprint density at radius 3 is 1.45 bits per heavy atom. The van der Waals surface area contributed by atoms with Crippen LogP contribution in [0.4, 0.5) is 0 Å². The average molecular weight is 965 g/mol. The molecule has 5 unspecified atom stereocenters. The number of allylic oxidation sites excluding steroid dienone is 10. The number of ether oxygens (including phenoxy) is 2. The first-order valence-electron chi connectivity index (χ1n) is 23.8. The standard InChI is InChI=1S/C47H82O16P2/c1-3-5-7-9-11-13-15-17-19-20-22-24-26-28-30-32-34-36-41(49)61-39(37-59-40(48)35-33-31-29-27-25-23-21-18-16-14-12-10-8-6-4-2)38-60-65(57,58)63-47-44(52)42(50)43(51)46(45(47)53)62-64(54,55)56/h5,7,11,13-14,16-17,19,22,24,39,42-47,50-53H,3-4,6,8-10,12,15,18,20-21,23,25-38H2,1-2H3,(H,57,58)(H2,54,55,56)/b7-5-,13-11-,16-14-,19-17-,24-22-/t39-,42?,43?,44?,45?,46-,47+/m1/s1. The van der Waals surface area contributed by atoms with Crippen LogP contribution in [-0.2, 0) is 41.8 Å². The zero-order chi connectivity index (χ0) is 48.2. The molecule has 1 saturated carbocycles. The van der Waals surface area contributed by atoms with E-state index in [9.17, 15) is 53.8 Å². The van der Waals surface area contributed by atoms with Gasteiger partial charge in [-0.15, -0.1) is 0 Å². The molecule has 1 rings (SSSR count). The van der Waals surface area contributed by atoms with Crippen LogP contribution in [0.15, 0.2) is 60.8 Å². The molecule has 0 aromatic rings. The zero-order valence-corrected chi connectivity index (χ0v) is 40.7. The molecule has 1 aliphatic carbocycles. The Labute approximate surface area is 388 Å². The molecule has 0 bridgehead atoms. The lowest BCUT2D eigenvalue weighted by molar-refractivity contribution is -0.216. The van der Waals surface area contributed by atoms with Gasteiger partial charge < -0.3 is 44.6 Å². The molecule has 65 heavy (non-hydrogen) atoms. The molecule has 376 valence electrons. The molecule has 0 radical (unpaired) electrons. The number of aliphatic hydroxyl groups is 4. The molecule has 0 heterocycles.